The monoisotopic (exact) mass is 254 g/mol. The molecule has 0 aliphatic carbocycles. The van der Waals surface area contributed by atoms with Crippen molar-refractivity contribution in [3.8, 4) is 5.88 Å². The van der Waals surface area contributed by atoms with Gasteiger partial charge in [-0.15, -0.1) is 0 Å². The van der Waals surface area contributed by atoms with Gasteiger partial charge >= 0.3 is 5.97 Å². The van der Waals surface area contributed by atoms with Crippen LogP contribution in [0.25, 0.3) is 0 Å². The number of carbonyl (C=O) groups excluding carboxylic acids is 1. The van der Waals surface area contributed by atoms with E-state index in [0.717, 1.165) is 0 Å². The average molecular weight is 254 g/mol. The number of methoxy groups -OCH3 is 1. The minimum Gasteiger partial charge on any atom is -0.475 e. The first-order valence-electron chi connectivity index (χ1n) is 5.74. The molecule has 0 aliphatic heterocycles. The largest absolute Gasteiger partial charge is 0.475 e. The Bertz CT molecular complexity index is 382. The van der Waals surface area contributed by atoms with Gasteiger partial charge in [-0.1, -0.05) is 13.8 Å². The van der Waals surface area contributed by atoms with Crippen LogP contribution in [0, 0.1) is 5.92 Å². The summed E-state index contributed by atoms with van der Waals surface area (Å²) in [5.41, 5.74) is 0.212. The molecule has 0 radical (unpaired) electrons. The lowest BCUT2D eigenvalue weighted by atomic mass is 10.2. The standard InChI is InChI=1S/C12H18N2O4/c1-9(2)7-17-4-5-18-11-10(12(15)16-3)6-13-8-14-11/h6,8-9H,4-5,7H2,1-3H3. The summed E-state index contributed by atoms with van der Waals surface area (Å²) in [7, 11) is 1.30. The van der Waals surface area contributed by atoms with Crippen LogP contribution in [0.2, 0.25) is 0 Å². The highest BCUT2D eigenvalue weighted by Gasteiger charge is 2.14. The molecule has 6 heteroatoms. The van der Waals surface area contributed by atoms with E-state index in [1.165, 1.54) is 19.6 Å². The summed E-state index contributed by atoms with van der Waals surface area (Å²) in [6.07, 6.45) is 2.68. The fourth-order valence-electron chi connectivity index (χ4n) is 1.20. The molecule has 0 atom stereocenters. The van der Waals surface area contributed by atoms with Crippen molar-refractivity contribution in [2.24, 2.45) is 5.92 Å². The van der Waals surface area contributed by atoms with Crippen molar-refractivity contribution in [3.63, 3.8) is 0 Å². The number of nitrogens with zero attached hydrogens (tertiary/aromatic N) is 2. The maximum Gasteiger partial charge on any atom is 0.344 e. The zero-order valence-corrected chi connectivity index (χ0v) is 10.9. The SMILES string of the molecule is COC(=O)c1cncnc1OCCOCC(C)C. The lowest BCUT2D eigenvalue weighted by Crippen LogP contribution is -2.13. The van der Waals surface area contributed by atoms with Gasteiger partial charge in [0.25, 0.3) is 0 Å². The molecule has 0 spiro atoms. The first kappa shape index (κ1) is 14.4. The number of carbonyl (C=O) groups is 1. The molecule has 0 saturated heterocycles. The number of hydrogen-bond donors (Lipinski definition) is 0. The molecule has 1 aromatic rings. The van der Waals surface area contributed by atoms with E-state index in [9.17, 15) is 4.79 Å². The van der Waals surface area contributed by atoms with Crippen LogP contribution in [-0.4, -0.2) is 42.9 Å². The lowest BCUT2D eigenvalue weighted by molar-refractivity contribution is 0.0584. The topological polar surface area (TPSA) is 70.5 Å². The molecule has 0 aromatic carbocycles. The molecular formula is C12H18N2O4. The van der Waals surface area contributed by atoms with Crippen molar-refractivity contribution in [3.05, 3.63) is 18.1 Å². The molecule has 1 heterocycles. The smallest absolute Gasteiger partial charge is 0.344 e. The first-order chi connectivity index (χ1) is 8.65. The van der Waals surface area contributed by atoms with E-state index in [2.05, 4.69) is 28.6 Å². The van der Waals surface area contributed by atoms with E-state index >= 15 is 0 Å². The van der Waals surface area contributed by atoms with Crippen LogP contribution in [0.4, 0.5) is 0 Å². The fraction of sp³-hybridized carbons (Fsp3) is 0.583. The second kappa shape index (κ2) is 7.60. The van der Waals surface area contributed by atoms with Crippen molar-refractivity contribution in [1.29, 1.82) is 0 Å². The molecule has 0 N–H and O–H groups in total. The lowest BCUT2D eigenvalue weighted by Gasteiger charge is -2.09. The van der Waals surface area contributed by atoms with E-state index < -0.39 is 5.97 Å². The number of esters is 1. The van der Waals surface area contributed by atoms with Crippen molar-refractivity contribution >= 4 is 5.97 Å². The quantitative estimate of drug-likeness (QED) is 0.540. The van der Waals surface area contributed by atoms with E-state index in [-0.39, 0.29) is 11.4 Å². The van der Waals surface area contributed by atoms with Crippen molar-refractivity contribution in [1.82, 2.24) is 9.97 Å². The number of aromatic nitrogens is 2. The highest BCUT2D eigenvalue weighted by atomic mass is 16.5. The predicted molar refractivity (Wildman–Crippen MR) is 64.5 cm³/mol. The van der Waals surface area contributed by atoms with Crippen LogP contribution in [0.5, 0.6) is 5.88 Å². The van der Waals surface area contributed by atoms with Crippen LogP contribution >= 0.6 is 0 Å². The summed E-state index contributed by atoms with van der Waals surface area (Å²) in [6.45, 7) is 5.59. The predicted octanol–water partition coefficient (Wildman–Crippen LogP) is 1.31. The third-order valence-corrected chi connectivity index (χ3v) is 2.00. The number of rotatable bonds is 7. The van der Waals surface area contributed by atoms with Crippen molar-refractivity contribution in [2.75, 3.05) is 26.9 Å². The minimum absolute atomic E-state index is 0.212. The first-order valence-corrected chi connectivity index (χ1v) is 5.74. The Hall–Kier alpha value is -1.69. The Kier molecular flexibility index (Phi) is 6.07. The molecule has 18 heavy (non-hydrogen) atoms. The molecule has 0 unspecified atom stereocenters. The van der Waals surface area contributed by atoms with Gasteiger partial charge in [0.2, 0.25) is 5.88 Å². The van der Waals surface area contributed by atoms with Gasteiger partial charge in [-0.3, -0.25) is 0 Å². The number of hydrogen-bond acceptors (Lipinski definition) is 6. The molecule has 1 aromatic heterocycles. The average Bonchev–Trinajstić information content (AvgIpc) is 2.37. The second-order valence-corrected chi connectivity index (χ2v) is 4.05. The highest BCUT2D eigenvalue weighted by Crippen LogP contribution is 2.13. The zero-order chi connectivity index (χ0) is 13.4. The molecule has 0 amide bonds. The van der Waals surface area contributed by atoms with Gasteiger partial charge in [0.15, 0.2) is 0 Å². The third-order valence-electron chi connectivity index (χ3n) is 2.00. The summed E-state index contributed by atoms with van der Waals surface area (Å²) < 4.78 is 15.3. The maximum absolute atomic E-state index is 11.4. The second-order valence-electron chi connectivity index (χ2n) is 4.05. The Morgan fingerprint density at radius 3 is 2.83 bits per heavy atom. The van der Waals surface area contributed by atoms with Crippen LogP contribution in [-0.2, 0) is 9.47 Å². The Morgan fingerprint density at radius 2 is 2.17 bits per heavy atom. The molecular weight excluding hydrogens is 236 g/mol. The van der Waals surface area contributed by atoms with Gasteiger partial charge in [-0.05, 0) is 5.92 Å². The summed E-state index contributed by atoms with van der Waals surface area (Å²) in [6, 6.07) is 0. The molecule has 1 rings (SSSR count). The Labute approximate surface area is 106 Å². The van der Waals surface area contributed by atoms with Crippen LogP contribution < -0.4 is 4.74 Å². The minimum atomic E-state index is -0.520. The van der Waals surface area contributed by atoms with E-state index in [1.807, 2.05) is 0 Å². The molecule has 0 fully saturated rings. The molecule has 6 nitrogen and oxygen atoms in total. The van der Waals surface area contributed by atoms with Crippen molar-refractivity contribution < 1.29 is 19.0 Å². The van der Waals surface area contributed by atoms with E-state index in [1.54, 1.807) is 0 Å². The number of ether oxygens (including phenoxy) is 3. The summed E-state index contributed by atoms with van der Waals surface area (Å²) in [4.78, 5) is 19.0. The normalized spacial score (nSPS) is 10.4. The molecule has 0 bridgehead atoms. The van der Waals surface area contributed by atoms with Gasteiger partial charge in [0.05, 0.1) is 13.7 Å². The van der Waals surface area contributed by atoms with Gasteiger partial charge in [-0.2, -0.15) is 0 Å². The highest BCUT2D eigenvalue weighted by molar-refractivity contribution is 5.91. The van der Waals surface area contributed by atoms with Gasteiger partial charge in [0.1, 0.15) is 18.5 Å². The summed E-state index contributed by atoms with van der Waals surface area (Å²) >= 11 is 0. The van der Waals surface area contributed by atoms with Crippen LogP contribution in [0.3, 0.4) is 0 Å². The molecule has 0 aliphatic rings. The van der Waals surface area contributed by atoms with Crippen LogP contribution in [0.15, 0.2) is 12.5 Å². The van der Waals surface area contributed by atoms with E-state index in [0.29, 0.717) is 25.7 Å². The summed E-state index contributed by atoms with van der Waals surface area (Å²) in [5, 5.41) is 0. The van der Waals surface area contributed by atoms with Crippen LogP contribution in [0.1, 0.15) is 24.2 Å². The molecule has 0 saturated carbocycles. The molecule has 100 valence electrons. The maximum atomic E-state index is 11.4. The summed E-state index contributed by atoms with van der Waals surface area (Å²) in [5.74, 6) is 0.174. The van der Waals surface area contributed by atoms with E-state index in [4.69, 9.17) is 9.47 Å². The third kappa shape index (κ3) is 4.67. The fourth-order valence-corrected chi connectivity index (χ4v) is 1.20. The Morgan fingerprint density at radius 1 is 1.39 bits per heavy atom. The Balaban J connectivity index is 2.44. The zero-order valence-electron chi connectivity index (χ0n) is 10.9. The van der Waals surface area contributed by atoms with Gasteiger partial charge in [-0.25, -0.2) is 14.8 Å². The van der Waals surface area contributed by atoms with Gasteiger partial charge in [0, 0.05) is 12.8 Å². The van der Waals surface area contributed by atoms with Gasteiger partial charge < -0.3 is 14.2 Å². The van der Waals surface area contributed by atoms with Crippen molar-refractivity contribution in [2.45, 2.75) is 13.8 Å².